The molecule has 0 aliphatic rings. The maximum atomic E-state index is 13.8. The van der Waals surface area contributed by atoms with Crippen molar-refractivity contribution in [1.82, 2.24) is 9.78 Å². The summed E-state index contributed by atoms with van der Waals surface area (Å²) in [6.07, 6.45) is 0.867. The van der Waals surface area contributed by atoms with E-state index in [9.17, 15) is 4.39 Å². The molecule has 0 atom stereocenters. The fraction of sp³-hybridized carbons (Fsp3) is 0.400. The van der Waals surface area contributed by atoms with Gasteiger partial charge in [0.1, 0.15) is 0 Å². The molecule has 1 aromatic carbocycles. The largest absolute Gasteiger partial charge is 0.491 e. The number of ether oxygens (including phenoxy) is 1. The molecule has 0 aliphatic carbocycles. The van der Waals surface area contributed by atoms with Gasteiger partial charge in [0.05, 0.1) is 29.0 Å². The van der Waals surface area contributed by atoms with Crippen molar-refractivity contribution in [3.63, 3.8) is 0 Å². The van der Waals surface area contributed by atoms with E-state index in [1.165, 1.54) is 6.07 Å². The molecule has 0 fully saturated rings. The minimum Gasteiger partial charge on any atom is -0.491 e. The summed E-state index contributed by atoms with van der Waals surface area (Å²) in [7, 11) is 1.90. The van der Waals surface area contributed by atoms with Crippen molar-refractivity contribution in [3.8, 4) is 5.75 Å². The van der Waals surface area contributed by atoms with Gasteiger partial charge in [-0.3, -0.25) is 4.68 Å². The Morgan fingerprint density at radius 1 is 1.38 bits per heavy atom. The SMILES string of the molecule is CCOc1ccc(NCc2c(Br)c(CC)nn2C)cc1F. The second-order valence-electron chi connectivity index (χ2n) is 4.62. The maximum Gasteiger partial charge on any atom is 0.167 e. The van der Waals surface area contributed by atoms with Crippen LogP contribution in [0.5, 0.6) is 5.75 Å². The van der Waals surface area contributed by atoms with Crippen LogP contribution in [0.25, 0.3) is 0 Å². The smallest absolute Gasteiger partial charge is 0.167 e. The minimum absolute atomic E-state index is 0.276. The van der Waals surface area contributed by atoms with E-state index in [1.807, 2.05) is 18.7 Å². The van der Waals surface area contributed by atoms with Crippen LogP contribution in [0.3, 0.4) is 0 Å². The second kappa shape index (κ2) is 6.93. The molecule has 2 aromatic rings. The van der Waals surface area contributed by atoms with Gasteiger partial charge in [-0.2, -0.15) is 5.10 Å². The highest BCUT2D eigenvalue weighted by atomic mass is 79.9. The van der Waals surface area contributed by atoms with Gasteiger partial charge in [0.2, 0.25) is 0 Å². The summed E-state index contributed by atoms with van der Waals surface area (Å²) in [5.74, 6) is -0.0850. The van der Waals surface area contributed by atoms with Crippen molar-refractivity contribution in [2.75, 3.05) is 11.9 Å². The van der Waals surface area contributed by atoms with Crippen LogP contribution < -0.4 is 10.1 Å². The van der Waals surface area contributed by atoms with E-state index in [-0.39, 0.29) is 11.6 Å². The highest BCUT2D eigenvalue weighted by molar-refractivity contribution is 9.10. The van der Waals surface area contributed by atoms with Gasteiger partial charge >= 0.3 is 0 Å². The first-order chi connectivity index (χ1) is 10.1. The predicted octanol–water partition coefficient (Wildman–Crippen LogP) is 3.89. The molecule has 0 saturated carbocycles. The van der Waals surface area contributed by atoms with Crippen LogP contribution in [0, 0.1) is 5.82 Å². The van der Waals surface area contributed by atoms with Gasteiger partial charge in [-0.05, 0) is 41.4 Å². The monoisotopic (exact) mass is 355 g/mol. The molecule has 21 heavy (non-hydrogen) atoms. The Bertz CT molecular complexity index is 628. The van der Waals surface area contributed by atoms with Crippen molar-refractivity contribution in [2.24, 2.45) is 7.05 Å². The van der Waals surface area contributed by atoms with E-state index < -0.39 is 0 Å². The van der Waals surface area contributed by atoms with Crippen LogP contribution in [0.2, 0.25) is 0 Å². The number of hydrogen-bond acceptors (Lipinski definition) is 3. The number of nitrogens with one attached hydrogen (secondary N) is 1. The number of nitrogens with zero attached hydrogens (tertiary/aromatic N) is 2. The molecule has 1 N–H and O–H groups in total. The molecule has 6 heteroatoms. The molecule has 0 spiro atoms. The van der Waals surface area contributed by atoms with Crippen LogP contribution >= 0.6 is 15.9 Å². The Morgan fingerprint density at radius 3 is 2.71 bits per heavy atom. The zero-order valence-electron chi connectivity index (χ0n) is 12.4. The summed E-state index contributed by atoms with van der Waals surface area (Å²) in [5, 5.41) is 7.64. The topological polar surface area (TPSA) is 39.1 Å². The third-order valence-corrected chi connectivity index (χ3v) is 4.11. The summed E-state index contributed by atoms with van der Waals surface area (Å²) in [6, 6.07) is 4.88. The van der Waals surface area contributed by atoms with Gasteiger partial charge in [-0.25, -0.2) is 4.39 Å². The number of rotatable bonds is 6. The average molecular weight is 356 g/mol. The summed E-state index contributed by atoms with van der Waals surface area (Å²) in [4.78, 5) is 0. The zero-order valence-corrected chi connectivity index (χ0v) is 14.0. The van der Waals surface area contributed by atoms with Crippen LogP contribution in [0.15, 0.2) is 22.7 Å². The number of aromatic nitrogens is 2. The van der Waals surface area contributed by atoms with Gasteiger partial charge in [0, 0.05) is 18.8 Å². The van der Waals surface area contributed by atoms with Gasteiger partial charge < -0.3 is 10.1 Å². The Labute approximate surface area is 132 Å². The van der Waals surface area contributed by atoms with Crippen LogP contribution in [0.1, 0.15) is 25.2 Å². The van der Waals surface area contributed by atoms with E-state index in [2.05, 4.69) is 33.3 Å². The quantitative estimate of drug-likeness (QED) is 0.854. The molecule has 0 bridgehead atoms. The standard InChI is InChI=1S/C15H19BrFN3O/c1-4-12-15(16)13(20(3)19-12)9-18-10-6-7-14(21-5-2)11(17)8-10/h6-8,18H,4-5,9H2,1-3H3. The maximum absolute atomic E-state index is 13.8. The van der Waals surface area contributed by atoms with Crippen molar-refractivity contribution in [1.29, 1.82) is 0 Å². The second-order valence-corrected chi connectivity index (χ2v) is 5.41. The number of aryl methyl sites for hydroxylation is 2. The highest BCUT2D eigenvalue weighted by Crippen LogP contribution is 2.24. The average Bonchev–Trinajstić information content (AvgIpc) is 2.74. The molecular formula is C15H19BrFN3O. The first kappa shape index (κ1) is 15.8. The molecule has 1 heterocycles. The summed E-state index contributed by atoms with van der Waals surface area (Å²) in [6.45, 7) is 4.91. The van der Waals surface area contributed by atoms with Gasteiger partial charge in [0.25, 0.3) is 0 Å². The fourth-order valence-corrected chi connectivity index (χ4v) is 2.84. The zero-order chi connectivity index (χ0) is 15.4. The fourth-order valence-electron chi connectivity index (χ4n) is 2.08. The van der Waals surface area contributed by atoms with Gasteiger partial charge in [-0.15, -0.1) is 0 Å². The van der Waals surface area contributed by atoms with Crippen molar-refractivity contribution in [3.05, 3.63) is 39.9 Å². The van der Waals surface area contributed by atoms with E-state index in [0.717, 1.165) is 22.3 Å². The molecule has 0 saturated heterocycles. The molecular weight excluding hydrogens is 337 g/mol. The normalized spacial score (nSPS) is 10.7. The van der Waals surface area contributed by atoms with E-state index in [1.54, 1.807) is 12.1 Å². The third kappa shape index (κ3) is 3.56. The molecule has 0 unspecified atom stereocenters. The van der Waals surface area contributed by atoms with Gasteiger partial charge in [0.15, 0.2) is 11.6 Å². The van der Waals surface area contributed by atoms with E-state index in [4.69, 9.17) is 4.74 Å². The predicted molar refractivity (Wildman–Crippen MR) is 85.2 cm³/mol. The number of hydrogen-bond donors (Lipinski definition) is 1. The Kier molecular flexibility index (Phi) is 5.22. The molecule has 114 valence electrons. The van der Waals surface area contributed by atoms with Gasteiger partial charge in [-0.1, -0.05) is 6.92 Å². The molecule has 1 aromatic heterocycles. The number of anilines is 1. The summed E-state index contributed by atoms with van der Waals surface area (Å²) in [5.41, 5.74) is 2.76. The Morgan fingerprint density at radius 2 is 2.14 bits per heavy atom. The minimum atomic E-state index is -0.361. The van der Waals surface area contributed by atoms with Crippen molar-refractivity contribution < 1.29 is 9.13 Å². The third-order valence-electron chi connectivity index (χ3n) is 3.19. The molecule has 0 radical (unpaired) electrons. The Balaban J connectivity index is 2.10. The lowest BCUT2D eigenvalue weighted by molar-refractivity contribution is 0.321. The van der Waals surface area contributed by atoms with Crippen molar-refractivity contribution >= 4 is 21.6 Å². The first-order valence-corrected chi connectivity index (χ1v) is 7.72. The van der Waals surface area contributed by atoms with Crippen LogP contribution in [0.4, 0.5) is 10.1 Å². The lowest BCUT2D eigenvalue weighted by Gasteiger charge is -2.10. The van der Waals surface area contributed by atoms with E-state index in [0.29, 0.717) is 18.8 Å². The van der Waals surface area contributed by atoms with Crippen molar-refractivity contribution in [2.45, 2.75) is 26.8 Å². The molecule has 0 aliphatic heterocycles. The lowest BCUT2D eigenvalue weighted by atomic mass is 10.2. The molecule has 2 rings (SSSR count). The number of benzene rings is 1. The lowest BCUT2D eigenvalue weighted by Crippen LogP contribution is -2.06. The first-order valence-electron chi connectivity index (χ1n) is 6.93. The highest BCUT2D eigenvalue weighted by Gasteiger charge is 2.12. The summed E-state index contributed by atoms with van der Waals surface area (Å²) >= 11 is 3.57. The summed E-state index contributed by atoms with van der Waals surface area (Å²) < 4.78 is 21.8. The number of halogens is 2. The molecule has 4 nitrogen and oxygen atoms in total. The van der Waals surface area contributed by atoms with Crippen LogP contribution in [-0.4, -0.2) is 16.4 Å². The van der Waals surface area contributed by atoms with E-state index >= 15 is 0 Å². The van der Waals surface area contributed by atoms with Crippen LogP contribution in [-0.2, 0) is 20.0 Å². The Hall–Kier alpha value is -1.56. The molecule has 0 amide bonds.